The smallest absolute Gasteiger partial charge is 0.319 e. The quantitative estimate of drug-likeness (QED) is 0.822. The molecular weight excluding hydrogens is 278 g/mol. The molecule has 2 rings (SSSR count). The van der Waals surface area contributed by atoms with Crippen LogP contribution in [0.1, 0.15) is 37.7 Å². The van der Waals surface area contributed by atoms with Gasteiger partial charge < -0.3 is 15.5 Å². The van der Waals surface area contributed by atoms with Crippen LogP contribution in [0.3, 0.4) is 0 Å². The van der Waals surface area contributed by atoms with E-state index in [2.05, 4.69) is 10.6 Å². The molecule has 22 heavy (non-hydrogen) atoms. The normalized spacial score (nSPS) is 15.3. The summed E-state index contributed by atoms with van der Waals surface area (Å²) in [5.74, 6) is 0.251. The number of hydrogen-bond donors (Lipinski definition) is 2. The second-order valence-corrected chi connectivity index (χ2v) is 5.79. The molecule has 1 aliphatic rings. The van der Waals surface area contributed by atoms with E-state index in [9.17, 15) is 9.59 Å². The fourth-order valence-electron chi connectivity index (χ4n) is 2.56. The molecule has 3 amide bonds. The molecule has 0 bridgehead atoms. The van der Waals surface area contributed by atoms with Gasteiger partial charge in [0.2, 0.25) is 5.91 Å². The van der Waals surface area contributed by atoms with Gasteiger partial charge in [0.1, 0.15) is 0 Å². The number of hydrogen-bond acceptors (Lipinski definition) is 2. The molecule has 0 aromatic heterocycles. The van der Waals surface area contributed by atoms with Crippen molar-refractivity contribution in [3.8, 4) is 0 Å². The summed E-state index contributed by atoms with van der Waals surface area (Å²) in [6, 6.07) is 7.47. The Morgan fingerprint density at radius 1 is 1.18 bits per heavy atom. The lowest BCUT2D eigenvalue weighted by atomic mass is 10.2. The summed E-state index contributed by atoms with van der Waals surface area (Å²) in [6.07, 6.45) is 4.69. The van der Waals surface area contributed by atoms with Crippen LogP contribution in [0.4, 0.5) is 10.5 Å². The van der Waals surface area contributed by atoms with Gasteiger partial charge in [0.15, 0.2) is 0 Å². The van der Waals surface area contributed by atoms with Crippen molar-refractivity contribution >= 4 is 17.6 Å². The van der Waals surface area contributed by atoms with Crippen molar-refractivity contribution in [2.24, 2.45) is 0 Å². The number of amides is 3. The second kappa shape index (κ2) is 8.41. The van der Waals surface area contributed by atoms with Crippen LogP contribution in [0, 0.1) is 6.92 Å². The fraction of sp³-hybridized carbons (Fsp3) is 0.529. The van der Waals surface area contributed by atoms with E-state index in [1.165, 1.54) is 0 Å². The highest BCUT2D eigenvalue weighted by Crippen LogP contribution is 2.11. The van der Waals surface area contributed by atoms with E-state index in [0.29, 0.717) is 13.0 Å². The van der Waals surface area contributed by atoms with E-state index >= 15 is 0 Å². The predicted molar refractivity (Wildman–Crippen MR) is 87.9 cm³/mol. The molecular formula is C17H25N3O2. The SMILES string of the molecule is Cc1ccc(NC(=O)NCCCN2CCCCCC2=O)cc1. The van der Waals surface area contributed by atoms with Gasteiger partial charge in [-0.25, -0.2) is 4.79 Å². The Bertz CT molecular complexity index is 499. The number of nitrogens with zero attached hydrogens (tertiary/aromatic N) is 1. The maximum Gasteiger partial charge on any atom is 0.319 e. The third kappa shape index (κ3) is 5.39. The molecule has 0 atom stereocenters. The van der Waals surface area contributed by atoms with Crippen LogP contribution in [-0.4, -0.2) is 36.5 Å². The van der Waals surface area contributed by atoms with Crippen LogP contribution < -0.4 is 10.6 Å². The Hall–Kier alpha value is -2.04. The summed E-state index contributed by atoms with van der Waals surface area (Å²) in [5.41, 5.74) is 1.94. The maximum atomic E-state index is 11.8. The monoisotopic (exact) mass is 303 g/mol. The minimum Gasteiger partial charge on any atom is -0.343 e. The van der Waals surface area contributed by atoms with E-state index in [1.54, 1.807) is 0 Å². The third-order valence-corrected chi connectivity index (χ3v) is 3.87. The standard InChI is InChI=1S/C17H25N3O2/c1-14-7-9-15(10-8-14)19-17(22)18-11-5-13-20-12-4-2-3-6-16(20)21/h7-10H,2-6,11-13H2,1H3,(H2,18,19,22). The number of aryl methyl sites for hydroxylation is 1. The number of nitrogens with one attached hydrogen (secondary N) is 2. The topological polar surface area (TPSA) is 61.4 Å². The highest BCUT2D eigenvalue weighted by atomic mass is 16.2. The summed E-state index contributed by atoms with van der Waals surface area (Å²) >= 11 is 0. The van der Waals surface area contributed by atoms with Gasteiger partial charge in [-0.05, 0) is 38.3 Å². The molecule has 1 aromatic carbocycles. The Kier molecular flexibility index (Phi) is 6.25. The molecule has 0 aliphatic carbocycles. The van der Waals surface area contributed by atoms with Gasteiger partial charge in [0, 0.05) is 31.7 Å². The maximum absolute atomic E-state index is 11.8. The minimum absolute atomic E-state index is 0.203. The molecule has 2 N–H and O–H groups in total. The molecule has 0 saturated carbocycles. The van der Waals surface area contributed by atoms with E-state index < -0.39 is 0 Å². The first-order valence-electron chi connectivity index (χ1n) is 8.04. The molecule has 0 radical (unpaired) electrons. The Balaban J connectivity index is 1.64. The van der Waals surface area contributed by atoms with Gasteiger partial charge in [-0.2, -0.15) is 0 Å². The second-order valence-electron chi connectivity index (χ2n) is 5.79. The zero-order valence-electron chi connectivity index (χ0n) is 13.2. The van der Waals surface area contributed by atoms with Crippen molar-refractivity contribution < 1.29 is 9.59 Å². The van der Waals surface area contributed by atoms with Crippen molar-refractivity contribution in [3.63, 3.8) is 0 Å². The summed E-state index contributed by atoms with van der Waals surface area (Å²) in [6.45, 7) is 4.16. The van der Waals surface area contributed by atoms with Crippen LogP contribution in [-0.2, 0) is 4.79 Å². The minimum atomic E-state index is -0.203. The van der Waals surface area contributed by atoms with Gasteiger partial charge >= 0.3 is 6.03 Å². The first kappa shape index (κ1) is 16.3. The molecule has 0 spiro atoms. The number of benzene rings is 1. The average Bonchev–Trinajstić information content (AvgIpc) is 2.71. The van der Waals surface area contributed by atoms with E-state index in [1.807, 2.05) is 36.1 Å². The molecule has 1 heterocycles. The van der Waals surface area contributed by atoms with Gasteiger partial charge in [-0.1, -0.05) is 24.1 Å². The highest BCUT2D eigenvalue weighted by molar-refractivity contribution is 5.89. The summed E-state index contributed by atoms with van der Waals surface area (Å²) in [7, 11) is 0. The molecule has 1 saturated heterocycles. The fourth-order valence-corrected chi connectivity index (χ4v) is 2.56. The van der Waals surface area contributed by atoms with Gasteiger partial charge in [-0.3, -0.25) is 4.79 Å². The van der Waals surface area contributed by atoms with Gasteiger partial charge in [-0.15, -0.1) is 0 Å². The lowest BCUT2D eigenvalue weighted by molar-refractivity contribution is -0.130. The first-order chi connectivity index (χ1) is 10.6. The van der Waals surface area contributed by atoms with Crippen LogP contribution >= 0.6 is 0 Å². The van der Waals surface area contributed by atoms with Crippen molar-refractivity contribution in [2.75, 3.05) is 25.0 Å². The van der Waals surface area contributed by atoms with E-state index in [4.69, 9.17) is 0 Å². The number of anilines is 1. The van der Waals surface area contributed by atoms with Gasteiger partial charge in [0.25, 0.3) is 0 Å². The van der Waals surface area contributed by atoms with E-state index in [-0.39, 0.29) is 11.9 Å². The number of carbonyl (C=O) groups excluding carboxylic acids is 2. The third-order valence-electron chi connectivity index (χ3n) is 3.87. The number of likely N-dealkylation sites (tertiary alicyclic amines) is 1. The molecule has 120 valence electrons. The lowest BCUT2D eigenvalue weighted by Gasteiger charge is -2.20. The van der Waals surface area contributed by atoms with Crippen LogP contribution in [0.5, 0.6) is 0 Å². The Morgan fingerprint density at radius 3 is 2.73 bits per heavy atom. The molecule has 5 nitrogen and oxygen atoms in total. The molecule has 5 heteroatoms. The van der Waals surface area contributed by atoms with Crippen molar-refractivity contribution in [2.45, 2.75) is 39.0 Å². The average molecular weight is 303 g/mol. The van der Waals surface area contributed by atoms with Crippen molar-refractivity contribution in [3.05, 3.63) is 29.8 Å². The molecule has 1 aliphatic heterocycles. The van der Waals surface area contributed by atoms with Crippen LogP contribution in [0.15, 0.2) is 24.3 Å². The molecule has 1 fully saturated rings. The number of urea groups is 1. The van der Waals surface area contributed by atoms with Gasteiger partial charge in [0.05, 0.1) is 0 Å². The summed E-state index contributed by atoms with van der Waals surface area (Å²) < 4.78 is 0. The Labute approximate surface area is 132 Å². The first-order valence-corrected chi connectivity index (χ1v) is 8.04. The van der Waals surface area contributed by atoms with Crippen molar-refractivity contribution in [1.29, 1.82) is 0 Å². The summed E-state index contributed by atoms with van der Waals surface area (Å²) in [5, 5.41) is 5.62. The molecule has 0 unspecified atom stereocenters. The number of rotatable bonds is 5. The van der Waals surface area contributed by atoms with E-state index in [0.717, 1.165) is 50.0 Å². The van der Waals surface area contributed by atoms with Crippen molar-refractivity contribution in [1.82, 2.24) is 10.2 Å². The predicted octanol–water partition coefficient (Wildman–Crippen LogP) is 2.91. The highest BCUT2D eigenvalue weighted by Gasteiger charge is 2.15. The van der Waals surface area contributed by atoms with Crippen LogP contribution in [0.2, 0.25) is 0 Å². The largest absolute Gasteiger partial charge is 0.343 e. The zero-order valence-corrected chi connectivity index (χ0v) is 13.2. The van der Waals surface area contributed by atoms with Crippen LogP contribution in [0.25, 0.3) is 0 Å². The Morgan fingerprint density at radius 2 is 1.95 bits per heavy atom. The summed E-state index contributed by atoms with van der Waals surface area (Å²) in [4.78, 5) is 25.5. The molecule has 1 aromatic rings. The lowest BCUT2D eigenvalue weighted by Crippen LogP contribution is -2.35. The zero-order chi connectivity index (χ0) is 15.8. The number of carbonyl (C=O) groups is 2.